The third kappa shape index (κ3) is 4.53. The van der Waals surface area contributed by atoms with E-state index >= 15 is 0 Å². The zero-order chi connectivity index (χ0) is 20.3. The van der Waals surface area contributed by atoms with E-state index in [9.17, 15) is 26.4 Å². The van der Waals surface area contributed by atoms with Gasteiger partial charge in [0.25, 0.3) is 0 Å². The lowest BCUT2D eigenvalue weighted by molar-refractivity contribution is -0.126. The number of amides is 1. The highest BCUT2D eigenvalue weighted by Gasteiger charge is 2.32. The van der Waals surface area contributed by atoms with Gasteiger partial charge in [0.05, 0.1) is 4.90 Å². The Bertz CT molecular complexity index is 957. The van der Waals surface area contributed by atoms with Gasteiger partial charge in [0.2, 0.25) is 15.9 Å². The van der Waals surface area contributed by atoms with Crippen LogP contribution in [-0.2, 0) is 21.4 Å². The number of hydrogen-bond acceptors (Lipinski definition) is 3. The molecule has 0 radical (unpaired) electrons. The number of benzene rings is 2. The standard InChI is InChI=1S/C19H19F3N2O3S/c20-15-3-1-13(2-4-15)12-23-19(25)14-7-9-24(10-8-14)28(26,27)16-5-6-17(21)18(22)11-16/h1-6,11,14H,7-10,12H2,(H,23,25). The average Bonchev–Trinajstić information content (AvgIpc) is 2.69. The average molecular weight is 412 g/mol. The van der Waals surface area contributed by atoms with Gasteiger partial charge in [-0.05, 0) is 48.7 Å². The zero-order valence-corrected chi connectivity index (χ0v) is 15.7. The molecule has 28 heavy (non-hydrogen) atoms. The maximum absolute atomic E-state index is 13.4. The molecule has 5 nitrogen and oxygen atoms in total. The number of hydrogen-bond donors (Lipinski definition) is 1. The highest BCUT2D eigenvalue weighted by Crippen LogP contribution is 2.25. The van der Waals surface area contributed by atoms with Crippen LogP contribution in [0.2, 0.25) is 0 Å². The van der Waals surface area contributed by atoms with Crippen molar-refractivity contribution in [2.75, 3.05) is 13.1 Å². The Balaban J connectivity index is 1.56. The molecule has 0 aliphatic carbocycles. The first kappa shape index (κ1) is 20.3. The predicted octanol–water partition coefficient (Wildman–Crippen LogP) is 2.82. The molecule has 1 aliphatic heterocycles. The summed E-state index contributed by atoms with van der Waals surface area (Å²) in [4.78, 5) is 12.0. The number of nitrogens with zero attached hydrogens (tertiary/aromatic N) is 1. The smallest absolute Gasteiger partial charge is 0.243 e. The SMILES string of the molecule is O=C(NCc1ccc(F)cc1)C1CCN(S(=O)(=O)c2ccc(F)c(F)c2)CC1. The topological polar surface area (TPSA) is 66.5 Å². The zero-order valence-electron chi connectivity index (χ0n) is 14.9. The molecule has 1 heterocycles. The second-order valence-corrected chi connectivity index (χ2v) is 8.54. The van der Waals surface area contributed by atoms with E-state index < -0.39 is 21.7 Å². The normalized spacial score (nSPS) is 16.1. The van der Waals surface area contributed by atoms with E-state index in [1.165, 1.54) is 16.4 Å². The van der Waals surface area contributed by atoms with E-state index in [1.807, 2.05) is 0 Å². The molecule has 0 unspecified atom stereocenters. The molecule has 3 rings (SSSR count). The summed E-state index contributed by atoms with van der Waals surface area (Å²) >= 11 is 0. The summed E-state index contributed by atoms with van der Waals surface area (Å²) < 4.78 is 65.6. The molecule has 2 aromatic carbocycles. The number of piperidine rings is 1. The molecule has 0 atom stereocenters. The highest BCUT2D eigenvalue weighted by atomic mass is 32.2. The number of halogens is 3. The summed E-state index contributed by atoms with van der Waals surface area (Å²) in [6.07, 6.45) is 0.635. The Hall–Kier alpha value is -2.39. The molecule has 0 bridgehead atoms. The van der Waals surface area contributed by atoms with E-state index in [1.54, 1.807) is 12.1 Å². The summed E-state index contributed by atoms with van der Waals surface area (Å²) in [6, 6.07) is 8.23. The molecule has 150 valence electrons. The lowest BCUT2D eigenvalue weighted by Gasteiger charge is -2.30. The lowest BCUT2D eigenvalue weighted by atomic mass is 9.97. The van der Waals surface area contributed by atoms with Crippen molar-refractivity contribution in [3.05, 3.63) is 65.5 Å². The van der Waals surface area contributed by atoms with E-state index in [0.29, 0.717) is 18.9 Å². The molecule has 1 saturated heterocycles. The fourth-order valence-corrected chi connectivity index (χ4v) is 4.56. The van der Waals surface area contributed by atoms with Crippen LogP contribution in [0.5, 0.6) is 0 Å². The monoisotopic (exact) mass is 412 g/mol. The van der Waals surface area contributed by atoms with Crippen LogP contribution in [0.4, 0.5) is 13.2 Å². The number of sulfonamides is 1. The first-order valence-electron chi connectivity index (χ1n) is 8.75. The van der Waals surface area contributed by atoms with Crippen LogP contribution in [0.15, 0.2) is 47.4 Å². The van der Waals surface area contributed by atoms with Gasteiger partial charge in [0.1, 0.15) is 5.82 Å². The summed E-state index contributed by atoms with van der Waals surface area (Å²) in [6.45, 7) is 0.471. The Kier molecular flexibility index (Phi) is 6.04. The predicted molar refractivity (Wildman–Crippen MR) is 96.1 cm³/mol. The Labute approximate surface area is 161 Å². The molecule has 1 amide bonds. The maximum atomic E-state index is 13.4. The minimum absolute atomic E-state index is 0.107. The van der Waals surface area contributed by atoms with Crippen molar-refractivity contribution in [2.45, 2.75) is 24.3 Å². The van der Waals surface area contributed by atoms with Crippen molar-refractivity contribution in [2.24, 2.45) is 5.92 Å². The number of carbonyl (C=O) groups excluding carboxylic acids is 1. The molecular weight excluding hydrogens is 393 g/mol. The summed E-state index contributed by atoms with van der Waals surface area (Å²) in [5.41, 5.74) is 0.758. The van der Waals surface area contributed by atoms with Gasteiger partial charge in [-0.15, -0.1) is 0 Å². The molecule has 1 N–H and O–H groups in total. The van der Waals surface area contributed by atoms with Crippen LogP contribution < -0.4 is 5.32 Å². The minimum atomic E-state index is -3.95. The van der Waals surface area contributed by atoms with Gasteiger partial charge in [-0.25, -0.2) is 21.6 Å². The van der Waals surface area contributed by atoms with Gasteiger partial charge in [0, 0.05) is 25.6 Å². The Morgan fingerprint density at radius 2 is 1.64 bits per heavy atom. The fourth-order valence-electron chi connectivity index (χ4n) is 3.08. The summed E-state index contributed by atoms with van der Waals surface area (Å²) in [7, 11) is -3.95. The maximum Gasteiger partial charge on any atom is 0.243 e. The van der Waals surface area contributed by atoms with Gasteiger partial charge in [-0.3, -0.25) is 4.79 Å². The van der Waals surface area contributed by atoms with E-state index in [0.717, 1.165) is 17.7 Å². The van der Waals surface area contributed by atoms with Gasteiger partial charge >= 0.3 is 0 Å². The van der Waals surface area contributed by atoms with Gasteiger partial charge in [0.15, 0.2) is 11.6 Å². The van der Waals surface area contributed by atoms with Crippen LogP contribution in [-0.4, -0.2) is 31.7 Å². The van der Waals surface area contributed by atoms with Crippen LogP contribution >= 0.6 is 0 Å². The van der Waals surface area contributed by atoms with E-state index in [-0.39, 0.29) is 42.2 Å². The van der Waals surface area contributed by atoms with Crippen LogP contribution in [0, 0.1) is 23.4 Å². The van der Waals surface area contributed by atoms with E-state index in [2.05, 4.69) is 5.32 Å². The second-order valence-electron chi connectivity index (χ2n) is 6.60. The first-order chi connectivity index (χ1) is 13.3. The van der Waals surface area contributed by atoms with Gasteiger partial charge in [-0.2, -0.15) is 4.31 Å². The van der Waals surface area contributed by atoms with Gasteiger partial charge < -0.3 is 5.32 Å². The molecular formula is C19H19F3N2O3S. The van der Waals surface area contributed by atoms with Crippen molar-refractivity contribution in [1.29, 1.82) is 0 Å². The molecule has 0 aromatic heterocycles. The number of rotatable bonds is 5. The van der Waals surface area contributed by atoms with Crippen molar-refractivity contribution in [1.82, 2.24) is 9.62 Å². The van der Waals surface area contributed by atoms with Crippen LogP contribution in [0.1, 0.15) is 18.4 Å². The largest absolute Gasteiger partial charge is 0.352 e. The van der Waals surface area contributed by atoms with Crippen molar-refractivity contribution in [3.63, 3.8) is 0 Å². The number of carbonyl (C=O) groups is 1. The summed E-state index contributed by atoms with van der Waals surface area (Å²) in [5, 5.41) is 2.77. The molecule has 9 heteroatoms. The fraction of sp³-hybridized carbons (Fsp3) is 0.316. The minimum Gasteiger partial charge on any atom is -0.352 e. The molecule has 1 fully saturated rings. The second kappa shape index (κ2) is 8.32. The summed E-state index contributed by atoms with van der Waals surface area (Å²) in [5.74, 6) is -3.25. The van der Waals surface area contributed by atoms with Gasteiger partial charge in [-0.1, -0.05) is 12.1 Å². The number of nitrogens with one attached hydrogen (secondary N) is 1. The van der Waals surface area contributed by atoms with E-state index in [4.69, 9.17) is 0 Å². The third-order valence-electron chi connectivity index (χ3n) is 4.73. The molecule has 0 saturated carbocycles. The van der Waals surface area contributed by atoms with Crippen molar-refractivity contribution in [3.8, 4) is 0 Å². The quantitative estimate of drug-likeness (QED) is 0.821. The first-order valence-corrected chi connectivity index (χ1v) is 10.2. The third-order valence-corrected chi connectivity index (χ3v) is 6.63. The lowest BCUT2D eigenvalue weighted by Crippen LogP contribution is -2.42. The molecule has 1 aliphatic rings. The Morgan fingerprint density at radius 1 is 1.00 bits per heavy atom. The van der Waals surface area contributed by atoms with Crippen molar-refractivity contribution < 1.29 is 26.4 Å². The van der Waals surface area contributed by atoms with Crippen LogP contribution in [0.3, 0.4) is 0 Å². The highest BCUT2D eigenvalue weighted by molar-refractivity contribution is 7.89. The van der Waals surface area contributed by atoms with Crippen molar-refractivity contribution >= 4 is 15.9 Å². The molecule has 0 spiro atoms. The van der Waals surface area contributed by atoms with Crippen LogP contribution in [0.25, 0.3) is 0 Å². The Morgan fingerprint density at radius 3 is 2.25 bits per heavy atom. The molecule has 2 aromatic rings.